The van der Waals surface area contributed by atoms with Crippen LogP contribution in [0.1, 0.15) is 46.5 Å². The average Bonchev–Trinajstić information content (AvgIpc) is 3.54. The van der Waals surface area contributed by atoms with Crippen LogP contribution < -0.4 is 26.7 Å². The smallest absolute Gasteiger partial charge is 0.278 e. The fourth-order valence-corrected chi connectivity index (χ4v) is 5.70. The number of amides is 2. The molecule has 41 heavy (non-hydrogen) atoms. The average molecular weight is 569 g/mol. The number of ether oxygens (including phenoxy) is 1. The summed E-state index contributed by atoms with van der Waals surface area (Å²) in [6, 6.07) is 15.0. The zero-order valence-electron chi connectivity index (χ0n) is 21.8. The van der Waals surface area contributed by atoms with Crippen molar-refractivity contribution in [1.29, 1.82) is 0 Å². The molecular weight excluding hydrogens is 544 g/mol. The number of carbonyl (C=O) groups excluding carboxylic acids is 2. The van der Waals surface area contributed by atoms with Crippen LogP contribution >= 0.6 is 11.3 Å². The number of fused-ring (bicyclic) bond motifs is 2. The molecule has 1 aliphatic heterocycles. The van der Waals surface area contributed by atoms with Crippen LogP contribution in [-0.2, 0) is 11.3 Å². The molecule has 0 bridgehead atoms. The minimum atomic E-state index is -0.766. The molecule has 12 nitrogen and oxygen atoms in total. The Hall–Kier alpha value is -5.17. The predicted octanol–water partition coefficient (Wildman–Crippen LogP) is 3.63. The summed E-state index contributed by atoms with van der Waals surface area (Å²) in [7, 11) is 0. The standard InChI is InChI=1S/C28H24N8O4S/c1-15-9-21(27(38)32-13-18-10-16-12-30-23(29)11-22(16)41-18)36-25(15)31-14-20(28(36)39)33-26(37)19-7-8-24(35-34-19)40-17-5-3-2-4-6-17/h2-8,10-12,14-15,21H,9,13H2,1H3,(H2,29,30)(H,32,38)(H,33,37)/t15-,21+/m1/s1. The molecule has 0 spiro atoms. The molecule has 1 aliphatic rings. The van der Waals surface area contributed by atoms with Crippen molar-refractivity contribution in [3.8, 4) is 11.6 Å². The Morgan fingerprint density at radius 2 is 1.93 bits per heavy atom. The Morgan fingerprint density at radius 3 is 2.71 bits per heavy atom. The van der Waals surface area contributed by atoms with Gasteiger partial charge in [-0.1, -0.05) is 25.1 Å². The van der Waals surface area contributed by atoms with E-state index < -0.39 is 17.5 Å². The first-order chi connectivity index (χ1) is 19.9. The van der Waals surface area contributed by atoms with E-state index >= 15 is 0 Å². The minimum Gasteiger partial charge on any atom is -0.438 e. The number of nitrogens with two attached hydrogens (primary N) is 1. The van der Waals surface area contributed by atoms with E-state index in [4.69, 9.17) is 10.5 Å². The Morgan fingerprint density at radius 1 is 1.10 bits per heavy atom. The first-order valence-electron chi connectivity index (χ1n) is 12.8. The van der Waals surface area contributed by atoms with Gasteiger partial charge in [0.25, 0.3) is 11.5 Å². The molecule has 4 aromatic heterocycles. The van der Waals surface area contributed by atoms with E-state index in [0.717, 1.165) is 15.0 Å². The molecule has 13 heteroatoms. The maximum atomic E-state index is 13.4. The van der Waals surface area contributed by atoms with Crippen molar-refractivity contribution in [1.82, 2.24) is 30.0 Å². The summed E-state index contributed by atoms with van der Waals surface area (Å²) in [4.78, 5) is 48.9. The van der Waals surface area contributed by atoms with Gasteiger partial charge in [0.15, 0.2) is 5.69 Å². The number of nitrogen functional groups attached to an aromatic ring is 1. The first-order valence-corrected chi connectivity index (χ1v) is 13.6. The number of aromatic nitrogens is 5. The van der Waals surface area contributed by atoms with Crippen LogP contribution in [0.5, 0.6) is 11.6 Å². The van der Waals surface area contributed by atoms with Crippen molar-refractivity contribution in [2.75, 3.05) is 11.1 Å². The van der Waals surface area contributed by atoms with Gasteiger partial charge in [0.05, 0.1) is 12.7 Å². The van der Waals surface area contributed by atoms with Gasteiger partial charge in [-0.05, 0) is 36.8 Å². The zero-order valence-corrected chi connectivity index (χ0v) is 22.6. The summed E-state index contributed by atoms with van der Waals surface area (Å²) >= 11 is 1.51. The lowest BCUT2D eigenvalue weighted by atomic mass is 10.1. The molecule has 0 unspecified atom stereocenters. The van der Waals surface area contributed by atoms with Crippen LogP contribution in [0.25, 0.3) is 10.1 Å². The number of anilines is 2. The number of hydrogen-bond acceptors (Lipinski definition) is 10. The van der Waals surface area contributed by atoms with Gasteiger partial charge in [-0.3, -0.25) is 19.0 Å². The highest BCUT2D eigenvalue weighted by molar-refractivity contribution is 7.19. The van der Waals surface area contributed by atoms with Gasteiger partial charge in [-0.25, -0.2) is 9.97 Å². The molecule has 206 valence electrons. The van der Waals surface area contributed by atoms with E-state index in [9.17, 15) is 14.4 Å². The first kappa shape index (κ1) is 26.1. The summed E-state index contributed by atoms with van der Waals surface area (Å²) < 4.78 is 7.93. The molecule has 5 aromatic rings. The molecule has 5 heterocycles. The summed E-state index contributed by atoms with van der Waals surface area (Å²) in [5.74, 6) is 0.639. The molecule has 0 radical (unpaired) electrons. The Balaban J connectivity index is 1.15. The van der Waals surface area contributed by atoms with Crippen molar-refractivity contribution in [3.63, 3.8) is 0 Å². The molecule has 0 fully saturated rings. The number of carbonyl (C=O) groups is 2. The number of pyridine rings is 1. The van der Waals surface area contributed by atoms with Crippen LogP contribution in [0.3, 0.4) is 0 Å². The molecule has 2 atom stereocenters. The molecule has 0 aliphatic carbocycles. The Labute approximate surface area is 237 Å². The summed E-state index contributed by atoms with van der Waals surface area (Å²) in [5.41, 5.74) is 5.17. The molecular formula is C28H24N8O4S. The molecule has 6 rings (SSSR count). The largest absolute Gasteiger partial charge is 0.438 e. The highest BCUT2D eigenvalue weighted by Gasteiger charge is 2.36. The fourth-order valence-electron chi connectivity index (χ4n) is 4.68. The zero-order chi connectivity index (χ0) is 28.5. The number of thiophene rings is 1. The third-order valence-corrected chi connectivity index (χ3v) is 7.75. The van der Waals surface area contributed by atoms with Crippen LogP contribution in [0.2, 0.25) is 0 Å². The molecule has 1 aromatic carbocycles. The second-order valence-electron chi connectivity index (χ2n) is 9.56. The van der Waals surface area contributed by atoms with Gasteiger partial charge in [-0.2, -0.15) is 0 Å². The predicted molar refractivity (Wildman–Crippen MR) is 153 cm³/mol. The van der Waals surface area contributed by atoms with E-state index in [1.54, 1.807) is 24.4 Å². The van der Waals surface area contributed by atoms with Gasteiger partial charge in [0.1, 0.15) is 29.1 Å². The van der Waals surface area contributed by atoms with E-state index in [2.05, 4.69) is 30.8 Å². The topological polar surface area (TPSA) is 167 Å². The molecule has 4 N–H and O–H groups in total. The van der Waals surface area contributed by atoms with E-state index in [1.807, 2.05) is 31.2 Å². The van der Waals surface area contributed by atoms with Crippen LogP contribution in [0.15, 0.2) is 71.8 Å². The number of nitrogens with one attached hydrogen (secondary N) is 2. The third kappa shape index (κ3) is 5.34. The van der Waals surface area contributed by atoms with Crippen molar-refractivity contribution in [2.45, 2.75) is 31.8 Å². The third-order valence-electron chi connectivity index (χ3n) is 6.65. The van der Waals surface area contributed by atoms with E-state index in [0.29, 0.717) is 30.4 Å². The summed E-state index contributed by atoms with van der Waals surface area (Å²) in [6.45, 7) is 2.20. The van der Waals surface area contributed by atoms with E-state index in [1.165, 1.54) is 34.2 Å². The molecule has 0 saturated carbocycles. The molecule has 0 saturated heterocycles. The van der Waals surface area contributed by atoms with Gasteiger partial charge in [-0.15, -0.1) is 21.5 Å². The van der Waals surface area contributed by atoms with E-state index in [-0.39, 0.29) is 29.1 Å². The number of hydrogen-bond donors (Lipinski definition) is 3. The lowest BCUT2D eigenvalue weighted by Gasteiger charge is -2.15. The van der Waals surface area contributed by atoms with Gasteiger partial charge < -0.3 is 21.1 Å². The van der Waals surface area contributed by atoms with Crippen molar-refractivity contribution in [3.05, 3.63) is 93.7 Å². The van der Waals surface area contributed by atoms with Gasteiger partial charge in [0.2, 0.25) is 11.8 Å². The van der Waals surface area contributed by atoms with Crippen molar-refractivity contribution < 1.29 is 14.3 Å². The highest BCUT2D eigenvalue weighted by Crippen LogP contribution is 2.34. The van der Waals surface area contributed by atoms with Crippen LogP contribution in [0.4, 0.5) is 11.5 Å². The van der Waals surface area contributed by atoms with Crippen molar-refractivity contribution in [2.24, 2.45) is 0 Å². The number of nitrogens with zero attached hydrogens (tertiary/aromatic N) is 5. The maximum Gasteiger partial charge on any atom is 0.278 e. The quantitative estimate of drug-likeness (QED) is 0.266. The highest BCUT2D eigenvalue weighted by atomic mass is 32.1. The maximum absolute atomic E-state index is 13.4. The SMILES string of the molecule is C[C@@H]1C[C@@H](C(=O)NCc2cc3cnc(N)cc3s2)n2c1ncc(NC(=O)c1ccc(Oc3ccccc3)nn1)c2=O. The van der Waals surface area contributed by atoms with Gasteiger partial charge in [0, 0.05) is 33.1 Å². The Bertz CT molecular complexity index is 1820. The number of para-hydroxylation sites is 1. The number of benzene rings is 1. The molecule has 2 amide bonds. The lowest BCUT2D eigenvalue weighted by molar-refractivity contribution is -0.124. The summed E-state index contributed by atoms with van der Waals surface area (Å²) in [5, 5.41) is 14.3. The second kappa shape index (κ2) is 10.8. The van der Waals surface area contributed by atoms with Gasteiger partial charge >= 0.3 is 0 Å². The monoisotopic (exact) mass is 568 g/mol. The lowest BCUT2D eigenvalue weighted by Crippen LogP contribution is -2.36. The Kier molecular flexibility index (Phi) is 6.85. The fraction of sp³-hybridized carbons (Fsp3) is 0.179. The van der Waals surface area contributed by atoms with Crippen LogP contribution in [-0.4, -0.2) is 36.5 Å². The number of rotatable bonds is 7. The minimum absolute atomic E-state index is 0.0155. The second-order valence-corrected chi connectivity index (χ2v) is 10.7. The van der Waals surface area contributed by atoms with Crippen molar-refractivity contribution >= 4 is 44.7 Å². The van der Waals surface area contributed by atoms with Crippen LogP contribution in [0, 0.1) is 0 Å². The normalized spacial score (nSPS) is 15.8. The summed E-state index contributed by atoms with van der Waals surface area (Å²) in [6.07, 6.45) is 3.41.